The molecule has 10 nitrogen and oxygen atoms in total. The first-order valence-electron chi connectivity index (χ1n) is 7.99. The molecule has 13 heteroatoms. The lowest BCUT2D eigenvalue weighted by molar-refractivity contribution is -0.173. The van der Waals surface area contributed by atoms with Gasteiger partial charge in [0, 0.05) is 6.42 Å². The van der Waals surface area contributed by atoms with E-state index in [-0.39, 0.29) is 35.6 Å². The molecule has 0 radical (unpaired) electrons. The quantitative estimate of drug-likeness (QED) is 0.484. The van der Waals surface area contributed by atoms with E-state index in [0.29, 0.717) is 0 Å². The summed E-state index contributed by atoms with van der Waals surface area (Å²) >= 11 is 0. The molecule has 150 valence electrons. The number of rotatable bonds is 3. The van der Waals surface area contributed by atoms with Crippen molar-refractivity contribution in [2.45, 2.75) is 31.0 Å². The van der Waals surface area contributed by atoms with E-state index in [0.717, 1.165) is 0 Å². The Morgan fingerprint density at radius 3 is 2.86 bits per heavy atom. The number of nitrogen functional groups attached to an aromatic ring is 1. The van der Waals surface area contributed by atoms with E-state index in [4.69, 9.17) is 10.5 Å². The van der Waals surface area contributed by atoms with Crippen LogP contribution in [0, 0.1) is 11.8 Å². The molecule has 1 saturated heterocycles. The fraction of sp³-hybridized carbons (Fsp3) is 0.467. The molecule has 3 rings (SSSR count). The minimum atomic E-state index is -5.00. The van der Waals surface area contributed by atoms with Crippen LogP contribution < -0.4 is 11.1 Å². The highest BCUT2D eigenvalue weighted by Gasteiger charge is 2.38. The van der Waals surface area contributed by atoms with Gasteiger partial charge in [0.15, 0.2) is 11.9 Å². The van der Waals surface area contributed by atoms with E-state index in [9.17, 15) is 28.2 Å². The number of aliphatic hydroxyl groups excluding tert-OH is 2. The fourth-order valence-electron chi connectivity index (χ4n) is 2.66. The van der Waals surface area contributed by atoms with Crippen LogP contribution >= 0.6 is 0 Å². The molecular formula is C15H15F3N6O4. The molecule has 0 unspecified atom stereocenters. The van der Waals surface area contributed by atoms with Crippen LogP contribution in [0.3, 0.4) is 0 Å². The average molecular weight is 400 g/mol. The van der Waals surface area contributed by atoms with Crippen molar-refractivity contribution in [1.29, 1.82) is 0 Å². The van der Waals surface area contributed by atoms with Crippen molar-refractivity contribution >= 4 is 22.8 Å². The van der Waals surface area contributed by atoms with Crippen molar-refractivity contribution in [1.82, 2.24) is 25.1 Å². The van der Waals surface area contributed by atoms with E-state index in [1.165, 1.54) is 11.0 Å². The average Bonchev–Trinajstić information content (AvgIpc) is 3.18. The molecule has 3 heterocycles. The lowest BCUT2D eigenvalue weighted by Crippen LogP contribution is -2.36. The van der Waals surface area contributed by atoms with Crippen molar-refractivity contribution in [3.63, 3.8) is 0 Å². The molecule has 1 amide bonds. The maximum absolute atomic E-state index is 12.2. The van der Waals surface area contributed by atoms with E-state index in [1.807, 2.05) is 0 Å². The molecule has 1 aliphatic heterocycles. The second-order valence-corrected chi connectivity index (χ2v) is 5.85. The van der Waals surface area contributed by atoms with E-state index in [1.54, 1.807) is 5.32 Å². The number of nitrogens with two attached hydrogens (primary N) is 1. The van der Waals surface area contributed by atoms with Crippen molar-refractivity contribution in [2.75, 3.05) is 18.9 Å². The summed E-state index contributed by atoms with van der Waals surface area (Å²) in [7, 11) is 0. The summed E-state index contributed by atoms with van der Waals surface area (Å²) in [5.41, 5.74) is 6.15. The Kier molecular flexibility index (Phi) is 5.36. The number of aliphatic hydroxyl groups is 2. The number of halogens is 3. The Hall–Kier alpha value is -2.95. The number of anilines is 1. The molecule has 0 saturated carbocycles. The Labute approximate surface area is 155 Å². The van der Waals surface area contributed by atoms with Crippen LogP contribution in [0.2, 0.25) is 0 Å². The number of alkyl halides is 3. The van der Waals surface area contributed by atoms with Crippen LogP contribution in [-0.4, -0.2) is 67.4 Å². The standard InChI is InChI=1S/C15H15F3N6O4/c16-15(17,18)14(27)20-3-1-2-7-11-12(19)21-6-22-13(11)24(23-7)10-4-8(26)9(5-25)28-10/h6,8-10,25-26H,3-5H2,(H,20,27)(H2,19,21,22)/t8-,9+,10+/m0/s1. The largest absolute Gasteiger partial charge is 0.471 e. The van der Waals surface area contributed by atoms with Crippen LogP contribution in [-0.2, 0) is 9.53 Å². The monoisotopic (exact) mass is 400 g/mol. The number of nitrogens with zero attached hydrogens (tertiary/aromatic N) is 4. The van der Waals surface area contributed by atoms with Crippen LogP contribution in [0.5, 0.6) is 0 Å². The number of fused-ring (bicyclic) bond motifs is 1. The van der Waals surface area contributed by atoms with E-state index >= 15 is 0 Å². The first kappa shape index (κ1) is 19.8. The highest BCUT2D eigenvalue weighted by molar-refractivity contribution is 5.90. The van der Waals surface area contributed by atoms with E-state index in [2.05, 4.69) is 26.9 Å². The zero-order chi connectivity index (χ0) is 20.5. The van der Waals surface area contributed by atoms with Gasteiger partial charge in [-0.1, -0.05) is 5.92 Å². The smallest absolute Gasteiger partial charge is 0.394 e. The maximum Gasteiger partial charge on any atom is 0.471 e. The summed E-state index contributed by atoms with van der Waals surface area (Å²) in [5.74, 6) is 2.81. The number of ether oxygens (including phenoxy) is 1. The normalized spacial score (nSPS) is 22.1. The fourth-order valence-corrected chi connectivity index (χ4v) is 2.66. The van der Waals surface area contributed by atoms with E-state index < -0.39 is 37.1 Å². The number of carbonyl (C=O) groups is 1. The summed E-state index contributed by atoms with van der Waals surface area (Å²) < 4.78 is 43.3. The molecule has 3 atom stereocenters. The van der Waals surface area contributed by atoms with Gasteiger partial charge >= 0.3 is 12.1 Å². The number of carbonyl (C=O) groups excluding carboxylic acids is 1. The Balaban J connectivity index is 1.88. The van der Waals surface area contributed by atoms with Crippen molar-refractivity contribution < 1.29 is 32.9 Å². The van der Waals surface area contributed by atoms with Crippen molar-refractivity contribution in [3.05, 3.63) is 12.0 Å². The van der Waals surface area contributed by atoms with Gasteiger partial charge in [-0.2, -0.15) is 18.3 Å². The van der Waals surface area contributed by atoms with Gasteiger partial charge < -0.3 is 26.0 Å². The highest BCUT2D eigenvalue weighted by Crippen LogP contribution is 2.32. The Bertz CT molecular complexity index is 951. The summed E-state index contributed by atoms with van der Waals surface area (Å²) in [6.45, 7) is -0.953. The first-order valence-corrected chi connectivity index (χ1v) is 7.99. The van der Waals surface area contributed by atoms with Gasteiger partial charge in [0.05, 0.1) is 24.6 Å². The first-order chi connectivity index (χ1) is 13.2. The zero-order valence-corrected chi connectivity index (χ0v) is 14.1. The van der Waals surface area contributed by atoms with Crippen molar-refractivity contribution in [2.24, 2.45) is 0 Å². The summed E-state index contributed by atoms with van der Waals surface area (Å²) in [6.07, 6.45) is -6.16. The second-order valence-electron chi connectivity index (χ2n) is 5.85. The minimum absolute atomic E-state index is 0.0390. The summed E-state index contributed by atoms with van der Waals surface area (Å²) in [5, 5.41) is 25.2. The number of hydrogen-bond acceptors (Lipinski definition) is 8. The van der Waals surface area contributed by atoms with Crippen LogP contribution in [0.25, 0.3) is 11.0 Å². The molecule has 0 bridgehead atoms. The highest BCUT2D eigenvalue weighted by atomic mass is 19.4. The maximum atomic E-state index is 12.2. The molecule has 1 aliphatic rings. The third-order valence-electron chi connectivity index (χ3n) is 3.98. The third-order valence-corrected chi connectivity index (χ3v) is 3.98. The van der Waals surface area contributed by atoms with Gasteiger partial charge in [0.25, 0.3) is 0 Å². The van der Waals surface area contributed by atoms with Crippen LogP contribution in [0.1, 0.15) is 18.3 Å². The molecular weight excluding hydrogens is 385 g/mol. The molecule has 0 aliphatic carbocycles. The molecule has 2 aromatic rings. The Morgan fingerprint density at radius 1 is 1.46 bits per heavy atom. The minimum Gasteiger partial charge on any atom is -0.394 e. The van der Waals surface area contributed by atoms with Gasteiger partial charge in [-0.25, -0.2) is 14.6 Å². The SMILES string of the molecule is Nc1ncnc2c1c(C#CCNC(=O)C(F)(F)F)nn2[C@H]1C[C@H](O)[C@@H](CO)O1. The summed E-state index contributed by atoms with van der Waals surface area (Å²) in [6, 6.07) is 0. The van der Waals surface area contributed by atoms with Crippen LogP contribution in [0.15, 0.2) is 6.33 Å². The Morgan fingerprint density at radius 2 is 2.21 bits per heavy atom. The predicted molar refractivity (Wildman–Crippen MR) is 87.3 cm³/mol. The topological polar surface area (TPSA) is 148 Å². The van der Waals surface area contributed by atoms with Crippen molar-refractivity contribution in [3.8, 4) is 11.8 Å². The molecule has 0 spiro atoms. The van der Waals surface area contributed by atoms with Gasteiger partial charge in [0.2, 0.25) is 0 Å². The number of hydrogen-bond donors (Lipinski definition) is 4. The van der Waals surface area contributed by atoms with Gasteiger partial charge in [-0.3, -0.25) is 4.79 Å². The van der Waals surface area contributed by atoms with Gasteiger partial charge in [0.1, 0.15) is 23.9 Å². The predicted octanol–water partition coefficient (Wildman–Crippen LogP) is -0.921. The van der Waals surface area contributed by atoms with Gasteiger partial charge in [-0.15, -0.1) is 0 Å². The molecule has 0 aromatic carbocycles. The number of aromatic nitrogens is 4. The van der Waals surface area contributed by atoms with Crippen LogP contribution in [0.4, 0.5) is 19.0 Å². The second kappa shape index (κ2) is 7.58. The molecule has 5 N–H and O–H groups in total. The summed E-state index contributed by atoms with van der Waals surface area (Å²) in [4.78, 5) is 18.7. The lowest BCUT2D eigenvalue weighted by Gasteiger charge is -2.12. The lowest BCUT2D eigenvalue weighted by atomic mass is 10.2. The van der Waals surface area contributed by atoms with Gasteiger partial charge in [-0.05, 0) is 5.92 Å². The number of amides is 1. The molecule has 28 heavy (non-hydrogen) atoms. The number of nitrogens with one attached hydrogen (secondary N) is 1. The molecule has 2 aromatic heterocycles. The third kappa shape index (κ3) is 3.84. The zero-order valence-electron chi connectivity index (χ0n) is 14.1. The molecule has 1 fully saturated rings.